The van der Waals surface area contributed by atoms with Gasteiger partial charge < -0.3 is 14.6 Å². The molecule has 0 aliphatic heterocycles. The van der Waals surface area contributed by atoms with E-state index in [9.17, 15) is 9.00 Å². The maximum atomic E-state index is 12.1. The van der Waals surface area contributed by atoms with Gasteiger partial charge in [0.05, 0.1) is 24.5 Å². The van der Waals surface area contributed by atoms with Crippen molar-refractivity contribution in [2.75, 3.05) is 26.6 Å². The lowest BCUT2D eigenvalue weighted by Gasteiger charge is -2.07. The Morgan fingerprint density at radius 3 is 2.59 bits per heavy atom. The maximum absolute atomic E-state index is 12.1. The SMILES string of the molecule is CCCc1c(OCCCCCO)sc(C(=O)S(C)=O)c1OC. The van der Waals surface area contributed by atoms with Crippen molar-refractivity contribution in [3.8, 4) is 10.8 Å². The van der Waals surface area contributed by atoms with Crippen molar-refractivity contribution >= 4 is 27.3 Å². The molecule has 0 radical (unpaired) electrons. The summed E-state index contributed by atoms with van der Waals surface area (Å²) in [4.78, 5) is 12.4. The Morgan fingerprint density at radius 2 is 2.05 bits per heavy atom. The van der Waals surface area contributed by atoms with Crippen LogP contribution < -0.4 is 9.47 Å². The highest BCUT2D eigenvalue weighted by Gasteiger charge is 2.26. The zero-order valence-corrected chi connectivity index (χ0v) is 15.0. The molecule has 0 aromatic carbocycles. The molecule has 22 heavy (non-hydrogen) atoms. The Hall–Kier alpha value is -0.920. The van der Waals surface area contributed by atoms with E-state index in [1.54, 1.807) is 0 Å². The van der Waals surface area contributed by atoms with Crippen LogP contribution >= 0.6 is 11.3 Å². The van der Waals surface area contributed by atoms with Gasteiger partial charge >= 0.3 is 0 Å². The normalized spacial score (nSPS) is 12.2. The molecule has 1 aromatic heterocycles. The van der Waals surface area contributed by atoms with Crippen LogP contribution in [0.15, 0.2) is 0 Å². The highest BCUT2D eigenvalue weighted by Crippen LogP contribution is 2.42. The third kappa shape index (κ3) is 5.07. The third-order valence-electron chi connectivity index (χ3n) is 3.11. The number of aliphatic hydroxyl groups excluding tert-OH is 1. The summed E-state index contributed by atoms with van der Waals surface area (Å²) in [6.45, 7) is 2.76. The second-order valence-corrected chi connectivity index (χ2v) is 7.12. The van der Waals surface area contributed by atoms with Crippen LogP contribution in [0.3, 0.4) is 0 Å². The molecule has 1 unspecified atom stereocenters. The number of hydrogen-bond donors (Lipinski definition) is 1. The van der Waals surface area contributed by atoms with E-state index < -0.39 is 15.9 Å². The van der Waals surface area contributed by atoms with Gasteiger partial charge in [-0.15, -0.1) is 0 Å². The minimum Gasteiger partial charge on any atom is -0.495 e. The molecular formula is C15H24O5S2. The lowest BCUT2D eigenvalue weighted by atomic mass is 10.1. The molecular weight excluding hydrogens is 324 g/mol. The highest BCUT2D eigenvalue weighted by molar-refractivity contribution is 8.00. The number of rotatable bonds is 10. The quantitative estimate of drug-likeness (QED) is 0.658. The average molecular weight is 348 g/mol. The number of methoxy groups -OCH3 is 1. The van der Waals surface area contributed by atoms with Crippen LogP contribution in [0.5, 0.6) is 10.8 Å². The second kappa shape index (κ2) is 9.97. The van der Waals surface area contributed by atoms with Crippen LogP contribution in [-0.2, 0) is 17.2 Å². The number of ether oxygens (including phenoxy) is 2. The monoisotopic (exact) mass is 348 g/mol. The molecule has 7 heteroatoms. The van der Waals surface area contributed by atoms with E-state index in [4.69, 9.17) is 14.6 Å². The molecule has 5 nitrogen and oxygen atoms in total. The summed E-state index contributed by atoms with van der Waals surface area (Å²) in [6, 6.07) is 0. The lowest BCUT2D eigenvalue weighted by molar-refractivity contribution is 0.108. The van der Waals surface area contributed by atoms with Gasteiger partial charge in [0.15, 0.2) is 5.06 Å². The first kappa shape index (κ1) is 19.1. The topological polar surface area (TPSA) is 72.8 Å². The molecule has 0 amide bonds. The van der Waals surface area contributed by atoms with Gasteiger partial charge in [-0.25, -0.2) is 0 Å². The highest BCUT2D eigenvalue weighted by atomic mass is 32.2. The van der Waals surface area contributed by atoms with Gasteiger partial charge in [0, 0.05) is 18.4 Å². The predicted molar refractivity (Wildman–Crippen MR) is 89.7 cm³/mol. The number of aliphatic hydroxyl groups is 1. The summed E-state index contributed by atoms with van der Waals surface area (Å²) in [5, 5.41) is 9.02. The van der Waals surface area contributed by atoms with Crippen LogP contribution in [0.1, 0.15) is 47.8 Å². The number of thiophene rings is 1. The summed E-state index contributed by atoms with van der Waals surface area (Å²) in [5.74, 6) is 0.498. The Bertz CT molecular complexity index is 510. The average Bonchev–Trinajstić information content (AvgIpc) is 2.84. The number of carbonyl (C=O) groups is 1. The first-order valence-corrected chi connectivity index (χ1v) is 9.75. The Kier molecular flexibility index (Phi) is 8.67. The van der Waals surface area contributed by atoms with Crippen molar-refractivity contribution in [2.45, 2.75) is 39.0 Å². The molecule has 1 rings (SSSR count). The van der Waals surface area contributed by atoms with Crippen molar-refractivity contribution in [1.82, 2.24) is 0 Å². The molecule has 1 N–H and O–H groups in total. The van der Waals surface area contributed by atoms with Gasteiger partial charge in [0.25, 0.3) is 5.12 Å². The molecule has 126 valence electrons. The molecule has 0 aliphatic carbocycles. The molecule has 0 saturated carbocycles. The summed E-state index contributed by atoms with van der Waals surface area (Å²) in [7, 11) is -0.0584. The second-order valence-electron chi connectivity index (χ2n) is 4.85. The Balaban J connectivity index is 2.94. The van der Waals surface area contributed by atoms with Gasteiger partial charge in [0.1, 0.15) is 10.6 Å². The predicted octanol–water partition coefficient (Wildman–Crippen LogP) is 2.77. The van der Waals surface area contributed by atoms with Crippen LogP contribution in [0.25, 0.3) is 0 Å². The van der Waals surface area contributed by atoms with Crippen LogP contribution in [0.4, 0.5) is 0 Å². The first-order valence-electron chi connectivity index (χ1n) is 7.37. The van der Waals surface area contributed by atoms with E-state index in [1.807, 2.05) is 6.92 Å². The largest absolute Gasteiger partial charge is 0.495 e. The standard InChI is InChI=1S/C15H24O5S2/c1-4-8-11-12(19-2)13(14(17)22(3)18)21-15(11)20-10-7-5-6-9-16/h16H,4-10H2,1-3H3. The van der Waals surface area contributed by atoms with E-state index in [1.165, 1.54) is 24.7 Å². The summed E-state index contributed by atoms with van der Waals surface area (Å²) in [5.41, 5.74) is 0.881. The lowest BCUT2D eigenvalue weighted by Crippen LogP contribution is -2.05. The van der Waals surface area contributed by atoms with Crippen LogP contribution in [0.2, 0.25) is 0 Å². The Morgan fingerprint density at radius 1 is 1.32 bits per heavy atom. The molecule has 0 spiro atoms. The minimum atomic E-state index is -1.57. The van der Waals surface area contributed by atoms with E-state index in [2.05, 4.69) is 0 Å². The van der Waals surface area contributed by atoms with E-state index in [0.29, 0.717) is 22.3 Å². The molecule has 1 aromatic rings. The first-order chi connectivity index (χ1) is 10.6. The van der Waals surface area contributed by atoms with Crippen molar-refractivity contribution < 1.29 is 23.6 Å². The van der Waals surface area contributed by atoms with Gasteiger partial charge in [-0.2, -0.15) is 0 Å². The van der Waals surface area contributed by atoms with Crippen molar-refractivity contribution in [3.63, 3.8) is 0 Å². The third-order valence-corrected chi connectivity index (χ3v) is 5.09. The van der Waals surface area contributed by atoms with E-state index in [0.717, 1.165) is 37.7 Å². The van der Waals surface area contributed by atoms with Crippen LogP contribution in [0, 0.1) is 0 Å². The summed E-state index contributed by atoms with van der Waals surface area (Å²) < 4.78 is 22.6. The minimum absolute atomic E-state index is 0.189. The number of hydrogen-bond acceptors (Lipinski definition) is 6. The summed E-state index contributed by atoms with van der Waals surface area (Å²) >= 11 is 1.21. The summed E-state index contributed by atoms with van der Waals surface area (Å²) in [6.07, 6.45) is 5.52. The molecule has 0 fully saturated rings. The van der Waals surface area contributed by atoms with Crippen molar-refractivity contribution in [2.24, 2.45) is 0 Å². The molecule has 1 atom stereocenters. The zero-order valence-electron chi connectivity index (χ0n) is 13.3. The van der Waals surface area contributed by atoms with Gasteiger partial charge in [-0.05, 0) is 25.7 Å². The van der Waals surface area contributed by atoms with E-state index in [-0.39, 0.29) is 6.61 Å². The van der Waals surface area contributed by atoms with Crippen molar-refractivity contribution in [3.05, 3.63) is 10.4 Å². The fraction of sp³-hybridized carbons (Fsp3) is 0.667. The van der Waals surface area contributed by atoms with Crippen LogP contribution in [-0.4, -0.2) is 41.0 Å². The molecule has 0 saturated heterocycles. The molecule has 1 heterocycles. The van der Waals surface area contributed by atoms with Crippen molar-refractivity contribution in [1.29, 1.82) is 0 Å². The number of carbonyl (C=O) groups excluding carboxylic acids is 1. The molecule has 0 bridgehead atoms. The van der Waals surface area contributed by atoms with Gasteiger partial charge in [-0.3, -0.25) is 9.00 Å². The number of unbranched alkanes of at least 4 members (excludes halogenated alkanes) is 2. The maximum Gasteiger partial charge on any atom is 0.262 e. The van der Waals surface area contributed by atoms with Gasteiger partial charge in [-0.1, -0.05) is 24.7 Å². The molecule has 0 aliphatic rings. The zero-order chi connectivity index (χ0) is 16.5. The smallest absolute Gasteiger partial charge is 0.262 e. The van der Waals surface area contributed by atoms with E-state index >= 15 is 0 Å². The fourth-order valence-electron chi connectivity index (χ4n) is 2.05. The Labute approximate surface area is 138 Å². The van der Waals surface area contributed by atoms with Gasteiger partial charge in [0.2, 0.25) is 0 Å². The fourth-order valence-corrected chi connectivity index (χ4v) is 3.91.